The molecule has 7 nitrogen and oxygen atoms in total. The zero-order valence-corrected chi connectivity index (χ0v) is 20.9. The fraction of sp³-hybridized carbons (Fsp3) is 0.440. The minimum atomic E-state index is -1.18. The molecule has 0 aromatic heterocycles. The van der Waals surface area contributed by atoms with Crippen molar-refractivity contribution in [1.82, 2.24) is 14.7 Å². The highest BCUT2D eigenvalue weighted by atomic mass is 35.5. The van der Waals surface area contributed by atoms with Gasteiger partial charge in [-0.15, -0.1) is 0 Å². The molecule has 2 saturated heterocycles. The maximum Gasteiger partial charge on any atom is 0.256 e. The van der Waals surface area contributed by atoms with Crippen molar-refractivity contribution in [2.45, 2.75) is 31.0 Å². The minimum Gasteiger partial charge on any atom is -0.380 e. The van der Waals surface area contributed by atoms with E-state index in [1.807, 2.05) is 6.07 Å². The highest BCUT2D eigenvalue weighted by Gasteiger charge is 2.36. The van der Waals surface area contributed by atoms with Crippen molar-refractivity contribution >= 4 is 40.7 Å². The van der Waals surface area contributed by atoms with E-state index in [2.05, 4.69) is 10.2 Å². The predicted molar refractivity (Wildman–Crippen MR) is 134 cm³/mol. The summed E-state index contributed by atoms with van der Waals surface area (Å²) in [7, 11) is 3.41. The number of nitrogens with zero attached hydrogens (tertiary/aromatic N) is 3. The number of hydrogen-bond donors (Lipinski definition) is 2. The highest BCUT2D eigenvalue weighted by Crippen LogP contribution is 2.28. The molecule has 34 heavy (non-hydrogen) atoms. The van der Waals surface area contributed by atoms with E-state index in [-0.39, 0.29) is 11.8 Å². The number of nitrogens with one attached hydrogen (secondary N) is 1. The molecule has 0 unspecified atom stereocenters. The molecule has 0 aliphatic carbocycles. The van der Waals surface area contributed by atoms with Crippen LogP contribution in [0.4, 0.5) is 5.69 Å². The van der Waals surface area contributed by atoms with E-state index in [0.29, 0.717) is 46.3 Å². The second-order valence-corrected chi connectivity index (χ2v) is 10.0. The number of halogens is 2. The maximum absolute atomic E-state index is 12.7. The van der Waals surface area contributed by atoms with Gasteiger partial charge in [-0.05, 0) is 48.7 Å². The number of carbonyl (C=O) groups excluding carboxylic acids is 2. The van der Waals surface area contributed by atoms with Crippen LogP contribution in [0.2, 0.25) is 10.0 Å². The number of carbonyl (C=O) groups is 2. The van der Waals surface area contributed by atoms with Gasteiger partial charge in [0.1, 0.15) is 0 Å². The standard InChI is InChI=1S/C25H30Cl2N4O3/c1-29(2)24(33)21-7-6-18(13-22(21)27)28-19-14-31(15-19)20-8-10-30(11-9-20)25(34)23(32)16-4-3-5-17(26)12-16/h3-7,12-13,19-20,23,28,32H,8-11,14-15H2,1-2H3/t23-/m0/s1. The largest absolute Gasteiger partial charge is 0.380 e. The lowest BCUT2D eigenvalue weighted by Crippen LogP contribution is -2.60. The van der Waals surface area contributed by atoms with E-state index < -0.39 is 6.10 Å². The lowest BCUT2D eigenvalue weighted by Gasteiger charge is -2.47. The summed E-state index contributed by atoms with van der Waals surface area (Å²) in [6.07, 6.45) is 0.584. The molecule has 2 aromatic carbocycles. The second kappa shape index (κ2) is 10.5. The van der Waals surface area contributed by atoms with Crippen LogP contribution < -0.4 is 5.32 Å². The fourth-order valence-electron chi connectivity index (χ4n) is 4.60. The van der Waals surface area contributed by atoms with Crippen LogP contribution >= 0.6 is 23.2 Å². The average molecular weight is 505 g/mol. The zero-order chi connectivity index (χ0) is 24.4. The Morgan fingerprint density at radius 2 is 1.79 bits per heavy atom. The molecule has 9 heteroatoms. The van der Waals surface area contributed by atoms with Gasteiger partial charge in [-0.3, -0.25) is 14.5 Å². The maximum atomic E-state index is 12.7. The molecule has 2 N–H and O–H groups in total. The van der Waals surface area contributed by atoms with Crippen LogP contribution in [0.3, 0.4) is 0 Å². The summed E-state index contributed by atoms with van der Waals surface area (Å²) in [6, 6.07) is 13.0. The van der Waals surface area contributed by atoms with Crippen molar-refractivity contribution in [1.29, 1.82) is 0 Å². The highest BCUT2D eigenvalue weighted by molar-refractivity contribution is 6.34. The van der Waals surface area contributed by atoms with Gasteiger partial charge in [-0.25, -0.2) is 0 Å². The number of piperidine rings is 1. The van der Waals surface area contributed by atoms with Crippen LogP contribution in [0.5, 0.6) is 0 Å². The van der Waals surface area contributed by atoms with Gasteiger partial charge < -0.3 is 20.2 Å². The first-order valence-corrected chi connectivity index (χ1v) is 12.2. The van der Waals surface area contributed by atoms with E-state index in [9.17, 15) is 14.7 Å². The third kappa shape index (κ3) is 5.49. The molecule has 1 atom stereocenters. The van der Waals surface area contributed by atoms with Crippen molar-refractivity contribution in [3.8, 4) is 0 Å². The summed E-state index contributed by atoms with van der Waals surface area (Å²) in [4.78, 5) is 30.6. The smallest absolute Gasteiger partial charge is 0.256 e. The molecule has 2 aliphatic rings. The molecule has 182 valence electrons. The van der Waals surface area contributed by atoms with Crippen LogP contribution in [0.15, 0.2) is 42.5 Å². The van der Waals surface area contributed by atoms with E-state index in [4.69, 9.17) is 23.2 Å². The topological polar surface area (TPSA) is 76.1 Å². The van der Waals surface area contributed by atoms with Gasteiger partial charge in [0.15, 0.2) is 6.10 Å². The van der Waals surface area contributed by atoms with Crippen molar-refractivity contribution in [2.75, 3.05) is 45.6 Å². The Labute approximate surface area is 210 Å². The van der Waals surface area contributed by atoms with E-state index in [1.54, 1.807) is 55.4 Å². The van der Waals surface area contributed by atoms with Crippen molar-refractivity contribution in [2.24, 2.45) is 0 Å². The van der Waals surface area contributed by atoms with Gasteiger partial charge in [-0.2, -0.15) is 0 Å². The van der Waals surface area contributed by atoms with E-state index in [1.165, 1.54) is 4.90 Å². The molecule has 2 fully saturated rings. The van der Waals surface area contributed by atoms with Crippen LogP contribution in [0.1, 0.15) is 34.9 Å². The Bertz CT molecular complexity index is 1050. The fourth-order valence-corrected chi connectivity index (χ4v) is 5.06. The summed E-state index contributed by atoms with van der Waals surface area (Å²) in [5, 5.41) is 14.9. The van der Waals surface area contributed by atoms with Crippen molar-refractivity contribution in [3.05, 3.63) is 63.6 Å². The molecule has 2 heterocycles. The van der Waals surface area contributed by atoms with Crippen molar-refractivity contribution in [3.63, 3.8) is 0 Å². The number of likely N-dealkylation sites (tertiary alicyclic amines) is 2. The van der Waals surface area contributed by atoms with Crippen LogP contribution in [0.25, 0.3) is 0 Å². The number of rotatable bonds is 6. The number of benzene rings is 2. The third-order valence-electron chi connectivity index (χ3n) is 6.58. The van der Waals surface area contributed by atoms with E-state index in [0.717, 1.165) is 31.6 Å². The average Bonchev–Trinajstić information content (AvgIpc) is 2.80. The quantitative estimate of drug-likeness (QED) is 0.629. The first-order valence-electron chi connectivity index (χ1n) is 11.5. The summed E-state index contributed by atoms with van der Waals surface area (Å²) in [5.41, 5.74) is 1.92. The number of anilines is 1. The van der Waals surface area contributed by atoms with Gasteiger partial charge in [0.05, 0.1) is 16.6 Å². The summed E-state index contributed by atoms with van der Waals surface area (Å²) >= 11 is 12.3. The Morgan fingerprint density at radius 3 is 2.41 bits per heavy atom. The lowest BCUT2D eigenvalue weighted by molar-refractivity contribution is -0.142. The molecule has 0 radical (unpaired) electrons. The van der Waals surface area contributed by atoms with Gasteiger partial charge in [0.2, 0.25) is 0 Å². The Balaban J connectivity index is 1.23. The number of aliphatic hydroxyl groups is 1. The summed E-state index contributed by atoms with van der Waals surface area (Å²) in [5.74, 6) is -0.381. The SMILES string of the molecule is CN(C)C(=O)c1ccc(NC2CN(C3CCN(C(=O)[C@@H](O)c4cccc(Cl)c4)CC3)C2)cc1Cl. The molecule has 2 aromatic rings. The van der Waals surface area contributed by atoms with Gasteiger partial charge in [-0.1, -0.05) is 35.3 Å². The third-order valence-corrected chi connectivity index (χ3v) is 7.12. The summed E-state index contributed by atoms with van der Waals surface area (Å²) < 4.78 is 0. The minimum absolute atomic E-state index is 0.115. The molecule has 0 bridgehead atoms. The molecular formula is C25H30Cl2N4O3. The zero-order valence-electron chi connectivity index (χ0n) is 19.4. The van der Waals surface area contributed by atoms with Crippen molar-refractivity contribution < 1.29 is 14.7 Å². The molecule has 2 aliphatic heterocycles. The first kappa shape index (κ1) is 24.8. The Morgan fingerprint density at radius 1 is 1.09 bits per heavy atom. The van der Waals surface area contributed by atoms with E-state index >= 15 is 0 Å². The van der Waals surface area contributed by atoms with Crippen LogP contribution in [0, 0.1) is 0 Å². The summed E-state index contributed by atoms with van der Waals surface area (Å²) in [6.45, 7) is 3.10. The molecule has 2 amide bonds. The lowest BCUT2D eigenvalue weighted by atomic mass is 9.96. The molecule has 0 spiro atoms. The number of hydrogen-bond acceptors (Lipinski definition) is 5. The Hall–Kier alpha value is -2.32. The number of amides is 2. The van der Waals surface area contributed by atoms with Crippen LogP contribution in [-0.2, 0) is 4.79 Å². The normalized spacial score (nSPS) is 18.3. The molecule has 0 saturated carbocycles. The first-order chi connectivity index (χ1) is 16.2. The monoisotopic (exact) mass is 504 g/mol. The predicted octanol–water partition coefficient (Wildman–Crippen LogP) is 3.52. The Kier molecular flexibility index (Phi) is 7.67. The molecular weight excluding hydrogens is 475 g/mol. The second-order valence-electron chi connectivity index (χ2n) is 9.20. The number of aliphatic hydroxyl groups excluding tert-OH is 1. The van der Waals surface area contributed by atoms with Gasteiger partial charge in [0, 0.05) is 57.0 Å². The van der Waals surface area contributed by atoms with Gasteiger partial charge in [0.25, 0.3) is 11.8 Å². The van der Waals surface area contributed by atoms with Gasteiger partial charge >= 0.3 is 0 Å². The van der Waals surface area contributed by atoms with Crippen LogP contribution in [-0.4, -0.2) is 84.0 Å². The molecule has 4 rings (SSSR count).